The van der Waals surface area contributed by atoms with E-state index in [0.717, 1.165) is 15.4 Å². The quantitative estimate of drug-likeness (QED) is 0.728. The molecule has 0 radical (unpaired) electrons. The van der Waals surface area contributed by atoms with Crippen molar-refractivity contribution in [3.05, 3.63) is 39.3 Å². The van der Waals surface area contributed by atoms with E-state index in [1.165, 1.54) is 11.3 Å². The molecule has 2 rings (SSSR count). The molecule has 0 aliphatic heterocycles. The minimum atomic E-state index is 0.0520. The molecule has 78 valence electrons. The van der Waals surface area contributed by atoms with Gasteiger partial charge in [-0.1, -0.05) is 0 Å². The van der Waals surface area contributed by atoms with Gasteiger partial charge in [-0.25, -0.2) is 0 Å². The fourth-order valence-corrected chi connectivity index (χ4v) is 2.32. The van der Waals surface area contributed by atoms with Gasteiger partial charge in [-0.05, 0) is 32.0 Å². The molecule has 0 saturated heterocycles. The number of carbonyl (C=O) groups is 1. The molecule has 0 atom stereocenters. The molecule has 2 heterocycles. The monoisotopic (exact) mass is 220 g/mol. The highest BCUT2D eigenvalue weighted by Gasteiger charge is 2.15. The van der Waals surface area contributed by atoms with Gasteiger partial charge in [0.1, 0.15) is 5.69 Å². The smallest absolute Gasteiger partial charge is 0.220 e. The van der Waals surface area contributed by atoms with Gasteiger partial charge < -0.3 is 0 Å². The number of hydrogen-bond acceptors (Lipinski definition) is 3. The van der Waals surface area contributed by atoms with E-state index in [1.807, 2.05) is 32.0 Å². The normalized spacial score (nSPS) is 10.6. The second kappa shape index (κ2) is 3.62. The summed E-state index contributed by atoms with van der Waals surface area (Å²) in [5.41, 5.74) is 1.52. The van der Waals surface area contributed by atoms with Crippen molar-refractivity contribution in [2.75, 3.05) is 0 Å². The van der Waals surface area contributed by atoms with Crippen LogP contribution in [0.3, 0.4) is 0 Å². The third-order valence-corrected chi connectivity index (χ3v) is 3.20. The van der Waals surface area contributed by atoms with Gasteiger partial charge in [-0.3, -0.25) is 9.48 Å². The molecule has 3 nitrogen and oxygen atoms in total. The first-order valence-corrected chi connectivity index (χ1v) is 5.51. The maximum absolute atomic E-state index is 12.0. The molecule has 0 N–H and O–H groups in total. The summed E-state index contributed by atoms with van der Waals surface area (Å²) >= 11 is 1.52. The van der Waals surface area contributed by atoms with Crippen LogP contribution in [0.2, 0.25) is 0 Å². The molecule has 0 unspecified atom stereocenters. The zero-order valence-electron chi connectivity index (χ0n) is 8.94. The summed E-state index contributed by atoms with van der Waals surface area (Å²) in [5, 5.41) is 4.16. The van der Waals surface area contributed by atoms with Crippen molar-refractivity contribution < 1.29 is 4.79 Å². The van der Waals surface area contributed by atoms with Crippen molar-refractivity contribution in [2.45, 2.75) is 13.8 Å². The number of rotatable bonds is 2. The zero-order chi connectivity index (χ0) is 11.0. The maximum atomic E-state index is 12.0. The number of aromatic nitrogens is 2. The standard InChI is InChI=1S/C11H12N2OS/c1-7-6-9(13(3)12-7)11(14)10-5-4-8(2)15-10/h4-6H,1-3H3. The molecule has 4 heteroatoms. The molecule has 0 aliphatic rings. The lowest BCUT2D eigenvalue weighted by Crippen LogP contribution is -2.06. The summed E-state index contributed by atoms with van der Waals surface area (Å²) in [6.45, 7) is 3.88. The first-order chi connectivity index (χ1) is 7.08. The van der Waals surface area contributed by atoms with Crippen LogP contribution in [0.5, 0.6) is 0 Å². The van der Waals surface area contributed by atoms with Gasteiger partial charge in [0.05, 0.1) is 10.6 Å². The molecule has 0 amide bonds. The van der Waals surface area contributed by atoms with E-state index >= 15 is 0 Å². The minimum Gasteiger partial charge on any atom is -0.286 e. The van der Waals surface area contributed by atoms with Crippen LogP contribution >= 0.6 is 11.3 Å². The summed E-state index contributed by atoms with van der Waals surface area (Å²) in [4.78, 5) is 14.0. The number of aryl methyl sites for hydroxylation is 3. The predicted octanol–water partition coefficient (Wildman–Crippen LogP) is 2.33. The van der Waals surface area contributed by atoms with Crippen LogP contribution in [0.15, 0.2) is 18.2 Å². The Morgan fingerprint density at radius 1 is 1.40 bits per heavy atom. The molecule has 0 bridgehead atoms. The molecule has 0 aromatic carbocycles. The van der Waals surface area contributed by atoms with E-state index in [1.54, 1.807) is 11.7 Å². The van der Waals surface area contributed by atoms with Crippen LogP contribution in [-0.2, 0) is 7.05 Å². The van der Waals surface area contributed by atoms with E-state index in [-0.39, 0.29) is 5.78 Å². The van der Waals surface area contributed by atoms with E-state index in [9.17, 15) is 4.79 Å². The first-order valence-electron chi connectivity index (χ1n) is 4.69. The lowest BCUT2D eigenvalue weighted by atomic mass is 10.2. The Balaban J connectivity index is 2.40. The van der Waals surface area contributed by atoms with Crippen molar-refractivity contribution in [1.29, 1.82) is 0 Å². The molecule has 0 spiro atoms. The number of ketones is 1. The van der Waals surface area contributed by atoms with Crippen LogP contribution in [0.4, 0.5) is 0 Å². The summed E-state index contributed by atoms with van der Waals surface area (Å²) in [5.74, 6) is 0.0520. The third kappa shape index (κ3) is 1.85. The zero-order valence-corrected chi connectivity index (χ0v) is 9.76. The molecular weight excluding hydrogens is 208 g/mol. The Morgan fingerprint density at radius 2 is 2.13 bits per heavy atom. The van der Waals surface area contributed by atoms with Crippen LogP contribution in [0, 0.1) is 13.8 Å². The molecule has 15 heavy (non-hydrogen) atoms. The lowest BCUT2D eigenvalue weighted by molar-refractivity contribution is 0.103. The number of nitrogens with zero attached hydrogens (tertiary/aromatic N) is 2. The highest BCUT2D eigenvalue weighted by atomic mass is 32.1. The summed E-state index contributed by atoms with van der Waals surface area (Å²) in [7, 11) is 1.79. The van der Waals surface area contributed by atoms with E-state index in [2.05, 4.69) is 5.10 Å². The van der Waals surface area contributed by atoms with Gasteiger partial charge in [0, 0.05) is 11.9 Å². The highest BCUT2D eigenvalue weighted by Crippen LogP contribution is 2.19. The van der Waals surface area contributed by atoms with Crippen LogP contribution in [0.1, 0.15) is 25.9 Å². The maximum Gasteiger partial charge on any atom is 0.220 e. The van der Waals surface area contributed by atoms with E-state index < -0.39 is 0 Å². The Hall–Kier alpha value is -1.42. The van der Waals surface area contributed by atoms with Gasteiger partial charge in [0.25, 0.3) is 0 Å². The molecule has 0 saturated carbocycles. The Bertz CT molecular complexity index is 510. The van der Waals surface area contributed by atoms with Crippen molar-refractivity contribution in [1.82, 2.24) is 9.78 Å². The summed E-state index contributed by atoms with van der Waals surface area (Å²) < 4.78 is 1.63. The average Bonchev–Trinajstić information content (AvgIpc) is 2.71. The SMILES string of the molecule is Cc1cc(C(=O)c2ccc(C)s2)n(C)n1. The lowest BCUT2D eigenvalue weighted by Gasteiger charge is -1.97. The summed E-state index contributed by atoms with van der Waals surface area (Å²) in [6, 6.07) is 5.64. The van der Waals surface area contributed by atoms with Crippen molar-refractivity contribution in [2.24, 2.45) is 7.05 Å². The Kier molecular flexibility index (Phi) is 2.44. The molecule has 0 fully saturated rings. The second-order valence-electron chi connectivity index (χ2n) is 3.53. The van der Waals surface area contributed by atoms with Gasteiger partial charge in [0.15, 0.2) is 0 Å². The van der Waals surface area contributed by atoms with Crippen LogP contribution < -0.4 is 0 Å². The van der Waals surface area contributed by atoms with Crippen molar-refractivity contribution in [3.63, 3.8) is 0 Å². The second-order valence-corrected chi connectivity index (χ2v) is 4.82. The molecule has 2 aromatic heterocycles. The number of carbonyl (C=O) groups excluding carboxylic acids is 1. The van der Waals surface area contributed by atoms with Gasteiger partial charge in [-0.2, -0.15) is 5.10 Å². The highest BCUT2D eigenvalue weighted by molar-refractivity contribution is 7.14. The summed E-state index contributed by atoms with van der Waals surface area (Å²) in [6.07, 6.45) is 0. The van der Waals surface area contributed by atoms with E-state index in [4.69, 9.17) is 0 Å². The third-order valence-electron chi connectivity index (χ3n) is 2.20. The average molecular weight is 220 g/mol. The fourth-order valence-electron chi connectivity index (χ4n) is 1.51. The van der Waals surface area contributed by atoms with Gasteiger partial charge in [-0.15, -0.1) is 11.3 Å². The van der Waals surface area contributed by atoms with E-state index in [0.29, 0.717) is 5.69 Å². The van der Waals surface area contributed by atoms with Gasteiger partial charge in [0.2, 0.25) is 5.78 Å². The first kappa shape index (κ1) is 10.1. The van der Waals surface area contributed by atoms with Crippen molar-refractivity contribution in [3.8, 4) is 0 Å². The van der Waals surface area contributed by atoms with Crippen LogP contribution in [0.25, 0.3) is 0 Å². The molecular formula is C11H12N2OS. The topological polar surface area (TPSA) is 34.9 Å². The number of thiophene rings is 1. The molecule has 0 aliphatic carbocycles. The predicted molar refractivity (Wildman–Crippen MR) is 60.4 cm³/mol. The largest absolute Gasteiger partial charge is 0.286 e. The fraction of sp³-hybridized carbons (Fsp3) is 0.273. The molecule has 2 aromatic rings. The number of hydrogen-bond donors (Lipinski definition) is 0. The Morgan fingerprint density at radius 3 is 2.60 bits per heavy atom. The van der Waals surface area contributed by atoms with Crippen molar-refractivity contribution >= 4 is 17.1 Å². The van der Waals surface area contributed by atoms with Gasteiger partial charge >= 0.3 is 0 Å². The van der Waals surface area contributed by atoms with Crippen LogP contribution in [-0.4, -0.2) is 15.6 Å². The Labute approximate surface area is 92.4 Å². The minimum absolute atomic E-state index is 0.0520.